The van der Waals surface area contributed by atoms with Crippen molar-refractivity contribution in [2.45, 2.75) is 43.6 Å². The highest BCUT2D eigenvalue weighted by Gasteiger charge is 2.41. The molecule has 0 amide bonds. The summed E-state index contributed by atoms with van der Waals surface area (Å²) >= 11 is 0. The largest absolute Gasteiger partial charge is 0.493 e. The summed E-state index contributed by atoms with van der Waals surface area (Å²) in [7, 11) is 3.22. The van der Waals surface area contributed by atoms with Crippen molar-refractivity contribution < 1.29 is 19.7 Å². The lowest BCUT2D eigenvalue weighted by Crippen LogP contribution is -2.51. The van der Waals surface area contributed by atoms with Crippen LogP contribution in [0.1, 0.15) is 29.9 Å². The molecule has 0 radical (unpaired) electrons. The predicted molar refractivity (Wildman–Crippen MR) is 74.2 cm³/mol. The minimum atomic E-state index is -0.738. The van der Waals surface area contributed by atoms with Crippen molar-refractivity contribution in [3.05, 3.63) is 23.3 Å². The molecule has 1 aliphatic carbocycles. The number of aliphatic hydroxyl groups excluding tert-OH is 2. The van der Waals surface area contributed by atoms with Gasteiger partial charge in [-0.1, -0.05) is 0 Å². The average Bonchev–Trinajstić information content (AvgIpc) is 2.48. The molecule has 1 aromatic rings. The van der Waals surface area contributed by atoms with E-state index in [1.807, 2.05) is 12.1 Å². The van der Waals surface area contributed by atoms with Crippen molar-refractivity contribution in [1.29, 1.82) is 0 Å². The molecule has 0 bridgehead atoms. The van der Waals surface area contributed by atoms with Crippen LogP contribution < -0.4 is 14.8 Å². The maximum absolute atomic E-state index is 10.3. The number of rotatable bonds is 2. The van der Waals surface area contributed by atoms with E-state index in [4.69, 9.17) is 9.47 Å². The molecule has 0 aromatic heterocycles. The zero-order valence-corrected chi connectivity index (χ0v) is 11.8. The summed E-state index contributed by atoms with van der Waals surface area (Å²) in [5.74, 6) is 1.26. The molecule has 1 aromatic carbocycles. The first kappa shape index (κ1) is 13.7. The van der Waals surface area contributed by atoms with Crippen LogP contribution in [-0.4, -0.2) is 42.7 Å². The summed E-state index contributed by atoms with van der Waals surface area (Å²) in [6.07, 6.45) is 0.116. The molecule has 0 unspecified atom stereocenters. The maximum atomic E-state index is 10.3. The molecule has 1 aliphatic heterocycles. The number of benzene rings is 1. The van der Waals surface area contributed by atoms with Crippen molar-refractivity contribution in [3.63, 3.8) is 0 Å². The third-order valence-electron chi connectivity index (χ3n) is 4.53. The van der Waals surface area contributed by atoms with Crippen LogP contribution in [0.25, 0.3) is 0 Å². The normalized spacial score (nSPS) is 32.2. The molecular formula is C15H21NO4. The lowest BCUT2D eigenvalue weighted by molar-refractivity contribution is -0.0360. The summed E-state index contributed by atoms with van der Waals surface area (Å²) in [6.45, 7) is 0.750. The van der Waals surface area contributed by atoms with Gasteiger partial charge in [0.15, 0.2) is 11.5 Å². The van der Waals surface area contributed by atoms with E-state index >= 15 is 0 Å². The standard InChI is InChI=1S/C15H21NO4/c1-19-12-5-8-7-16-10-3-4-11(17)15(18)14(10)9(8)6-13(12)20-2/h5-6,10-11,14-18H,3-4,7H2,1-2H3/t10-,11-,14-,15-/m0/s1. The van der Waals surface area contributed by atoms with E-state index in [1.165, 1.54) is 0 Å². The Morgan fingerprint density at radius 3 is 2.50 bits per heavy atom. The number of methoxy groups -OCH3 is 2. The van der Waals surface area contributed by atoms with Gasteiger partial charge in [-0.25, -0.2) is 0 Å². The van der Waals surface area contributed by atoms with Crippen molar-refractivity contribution in [1.82, 2.24) is 5.32 Å². The molecule has 1 heterocycles. The Hall–Kier alpha value is -1.30. The van der Waals surface area contributed by atoms with Crippen LogP contribution in [-0.2, 0) is 6.54 Å². The van der Waals surface area contributed by atoms with Gasteiger partial charge in [-0.05, 0) is 36.1 Å². The van der Waals surface area contributed by atoms with Crippen LogP contribution in [0, 0.1) is 0 Å². The second-order valence-corrected chi connectivity index (χ2v) is 5.55. The Morgan fingerprint density at radius 1 is 1.10 bits per heavy atom. The van der Waals surface area contributed by atoms with Crippen LogP contribution in [0.2, 0.25) is 0 Å². The van der Waals surface area contributed by atoms with E-state index in [9.17, 15) is 10.2 Å². The number of nitrogens with one attached hydrogen (secondary N) is 1. The Morgan fingerprint density at radius 2 is 1.80 bits per heavy atom. The monoisotopic (exact) mass is 279 g/mol. The third-order valence-corrected chi connectivity index (χ3v) is 4.53. The molecule has 4 atom stereocenters. The maximum Gasteiger partial charge on any atom is 0.161 e. The Labute approximate surface area is 118 Å². The molecule has 2 aliphatic rings. The average molecular weight is 279 g/mol. The summed E-state index contributed by atoms with van der Waals surface area (Å²) in [6, 6.07) is 4.10. The topological polar surface area (TPSA) is 71.0 Å². The van der Waals surface area contributed by atoms with Gasteiger partial charge in [0, 0.05) is 18.5 Å². The predicted octanol–water partition coefficient (Wildman–Crippen LogP) is 0.775. The fourth-order valence-corrected chi connectivity index (χ4v) is 3.45. The Kier molecular flexibility index (Phi) is 3.58. The van der Waals surface area contributed by atoms with Gasteiger partial charge < -0.3 is 25.0 Å². The minimum absolute atomic E-state index is 0.0951. The van der Waals surface area contributed by atoms with E-state index in [1.54, 1.807) is 14.2 Å². The molecule has 5 heteroatoms. The van der Waals surface area contributed by atoms with Crippen LogP contribution in [0.5, 0.6) is 11.5 Å². The van der Waals surface area contributed by atoms with Gasteiger partial charge in [-0.2, -0.15) is 0 Å². The van der Waals surface area contributed by atoms with Gasteiger partial charge in [0.25, 0.3) is 0 Å². The van der Waals surface area contributed by atoms with Crippen molar-refractivity contribution in [2.24, 2.45) is 0 Å². The SMILES string of the molecule is COc1cc2c(cc1OC)[C@@H]1[C@@H](O)[C@@H](O)CC[C@@H]1NC2. The van der Waals surface area contributed by atoms with E-state index < -0.39 is 12.2 Å². The smallest absolute Gasteiger partial charge is 0.161 e. The number of hydrogen-bond donors (Lipinski definition) is 3. The van der Waals surface area contributed by atoms with Gasteiger partial charge in [0.05, 0.1) is 26.4 Å². The Balaban J connectivity index is 2.05. The zero-order chi connectivity index (χ0) is 14.3. The fourth-order valence-electron chi connectivity index (χ4n) is 3.45. The number of ether oxygens (including phenoxy) is 2. The van der Waals surface area contributed by atoms with Crippen molar-refractivity contribution >= 4 is 0 Å². The molecular weight excluding hydrogens is 258 g/mol. The first-order valence-electron chi connectivity index (χ1n) is 7.00. The van der Waals surface area contributed by atoms with Crippen molar-refractivity contribution in [3.8, 4) is 11.5 Å². The summed E-state index contributed by atoms with van der Waals surface area (Å²) in [5, 5.41) is 23.7. The molecule has 5 nitrogen and oxygen atoms in total. The number of hydrogen-bond acceptors (Lipinski definition) is 5. The number of aliphatic hydroxyl groups is 2. The Bertz CT molecular complexity index is 505. The molecule has 20 heavy (non-hydrogen) atoms. The summed E-state index contributed by atoms with van der Waals surface area (Å²) < 4.78 is 10.7. The lowest BCUT2D eigenvalue weighted by atomic mass is 9.73. The van der Waals surface area contributed by atoms with Crippen LogP contribution in [0.15, 0.2) is 12.1 Å². The van der Waals surface area contributed by atoms with Gasteiger partial charge in [0.1, 0.15) is 0 Å². The summed E-state index contributed by atoms with van der Waals surface area (Å²) in [4.78, 5) is 0. The van der Waals surface area contributed by atoms with Crippen LogP contribution in [0.3, 0.4) is 0 Å². The van der Waals surface area contributed by atoms with Crippen molar-refractivity contribution in [2.75, 3.05) is 14.2 Å². The minimum Gasteiger partial charge on any atom is -0.493 e. The van der Waals surface area contributed by atoms with Gasteiger partial charge in [-0.15, -0.1) is 0 Å². The van der Waals surface area contributed by atoms with E-state index in [0.29, 0.717) is 17.9 Å². The highest BCUT2D eigenvalue weighted by Crippen LogP contribution is 2.42. The highest BCUT2D eigenvalue weighted by molar-refractivity contribution is 5.50. The number of fused-ring (bicyclic) bond motifs is 3. The van der Waals surface area contributed by atoms with E-state index in [0.717, 1.165) is 24.1 Å². The molecule has 3 rings (SSSR count). The first-order chi connectivity index (χ1) is 9.65. The molecule has 110 valence electrons. The molecule has 3 N–H and O–H groups in total. The molecule has 0 spiro atoms. The third kappa shape index (κ3) is 2.06. The van der Waals surface area contributed by atoms with E-state index in [2.05, 4.69) is 5.32 Å². The second kappa shape index (κ2) is 5.24. The summed E-state index contributed by atoms with van der Waals surface area (Å²) in [5.41, 5.74) is 2.15. The molecule has 1 fully saturated rings. The zero-order valence-electron chi connectivity index (χ0n) is 11.8. The quantitative estimate of drug-likeness (QED) is 0.746. The van der Waals surface area contributed by atoms with Gasteiger partial charge in [0.2, 0.25) is 0 Å². The van der Waals surface area contributed by atoms with Gasteiger partial charge in [-0.3, -0.25) is 0 Å². The fraction of sp³-hybridized carbons (Fsp3) is 0.600. The first-order valence-corrected chi connectivity index (χ1v) is 7.00. The van der Waals surface area contributed by atoms with Crippen LogP contribution in [0.4, 0.5) is 0 Å². The molecule has 0 saturated heterocycles. The second-order valence-electron chi connectivity index (χ2n) is 5.55. The highest BCUT2D eigenvalue weighted by atomic mass is 16.5. The lowest BCUT2D eigenvalue weighted by Gasteiger charge is -2.43. The van der Waals surface area contributed by atoms with Crippen LogP contribution >= 0.6 is 0 Å². The molecule has 1 saturated carbocycles. The van der Waals surface area contributed by atoms with E-state index in [-0.39, 0.29) is 12.0 Å². The van der Waals surface area contributed by atoms with Gasteiger partial charge >= 0.3 is 0 Å².